The highest BCUT2D eigenvalue weighted by Gasteiger charge is 2.28. The summed E-state index contributed by atoms with van der Waals surface area (Å²) < 4.78 is 5.27. The van der Waals surface area contributed by atoms with E-state index in [4.69, 9.17) is 33.7 Å². The second-order valence-corrected chi connectivity index (χ2v) is 4.05. The van der Waals surface area contributed by atoms with E-state index in [1.54, 1.807) is 12.1 Å². The lowest BCUT2D eigenvalue weighted by Crippen LogP contribution is -2.35. The van der Waals surface area contributed by atoms with Crippen molar-refractivity contribution in [2.45, 2.75) is 12.1 Å². The monoisotopic (exact) mass is 233 g/mol. The highest BCUT2D eigenvalue weighted by atomic mass is 35.5. The lowest BCUT2D eigenvalue weighted by atomic mass is 9.99. The fraction of sp³-hybridized carbons (Fsp3) is 0.333. The van der Waals surface area contributed by atoms with Gasteiger partial charge in [-0.05, 0) is 12.1 Å². The molecule has 0 radical (unpaired) electrons. The first-order valence-electron chi connectivity index (χ1n) is 4.15. The highest BCUT2D eigenvalue weighted by molar-refractivity contribution is 6.35. The zero-order valence-electron chi connectivity index (χ0n) is 7.21. The standard InChI is InChI=1S/C9H9Cl2NO2/c10-4-1-5-8(12)7(13)3-14-9(5)6(11)2-4/h1-2,7-8,13H,3,12H2/t7-,8+/m0/s1. The Morgan fingerprint density at radius 2 is 2.14 bits per heavy atom. The minimum Gasteiger partial charge on any atom is -0.489 e. The number of halogens is 2. The van der Waals surface area contributed by atoms with Gasteiger partial charge in [0.1, 0.15) is 18.5 Å². The molecule has 0 fully saturated rings. The van der Waals surface area contributed by atoms with Crippen LogP contribution in [-0.2, 0) is 0 Å². The molecule has 1 aliphatic rings. The molecule has 0 saturated heterocycles. The van der Waals surface area contributed by atoms with E-state index in [-0.39, 0.29) is 6.61 Å². The van der Waals surface area contributed by atoms with Gasteiger partial charge in [-0.25, -0.2) is 0 Å². The summed E-state index contributed by atoms with van der Waals surface area (Å²) in [4.78, 5) is 0. The largest absolute Gasteiger partial charge is 0.489 e. The summed E-state index contributed by atoms with van der Waals surface area (Å²) in [5, 5.41) is 10.4. The van der Waals surface area contributed by atoms with Crippen molar-refractivity contribution < 1.29 is 9.84 Å². The first-order chi connectivity index (χ1) is 6.59. The van der Waals surface area contributed by atoms with E-state index < -0.39 is 12.1 Å². The van der Waals surface area contributed by atoms with Gasteiger partial charge in [-0.15, -0.1) is 0 Å². The summed E-state index contributed by atoms with van der Waals surface area (Å²) in [7, 11) is 0. The first kappa shape index (κ1) is 10.1. The van der Waals surface area contributed by atoms with Crippen LogP contribution < -0.4 is 10.5 Å². The third kappa shape index (κ3) is 1.57. The topological polar surface area (TPSA) is 55.5 Å². The van der Waals surface area contributed by atoms with Crippen LogP contribution in [0.15, 0.2) is 12.1 Å². The first-order valence-corrected chi connectivity index (χ1v) is 4.90. The summed E-state index contributed by atoms with van der Waals surface area (Å²) in [5.74, 6) is 0.522. The number of nitrogens with two attached hydrogens (primary N) is 1. The maximum absolute atomic E-state index is 9.47. The molecule has 2 atom stereocenters. The van der Waals surface area contributed by atoms with E-state index in [0.29, 0.717) is 21.4 Å². The molecule has 0 saturated carbocycles. The number of ether oxygens (including phenoxy) is 1. The van der Waals surface area contributed by atoms with Crippen LogP contribution >= 0.6 is 23.2 Å². The van der Waals surface area contributed by atoms with Crippen molar-refractivity contribution in [2.24, 2.45) is 5.73 Å². The highest BCUT2D eigenvalue weighted by Crippen LogP contribution is 2.38. The molecule has 0 spiro atoms. The van der Waals surface area contributed by atoms with E-state index in [9.17, 15) is 5.11 Å². The molecule has 1 aliphatic heterocycles. The van der Waals surface area contributed by atoms with E-state index in [1.807, 2.05) is 0 Å². The SMILES string of the molecule is N[C@@H]1c2cc(Cl)cc(Cl)c2OC[C@@H]1O. The van der Waals surface area contributed by atoms with Gasteiger partial charge in [-0.3, -0.25) is 0 Å². The van der Waals surface area contributed by atoms with Crippen LogP contribution in [0.3, 0.4) is 0 Å². The van der Waals surface area contributed by atoms with Crippen molar-refractivity contribution in [3.63, 3.8) is 0 Å². The molecule has 14 heavy (non-hydrogen) atoms. The van der Waals surface area contributed by atoms with Crippen LogP contribution in [0, 0.1) is 0 Å². The summed E-state index contributed by atoms with van der Waals surface area (Å²) in [6, 6.07) is 2.76. The minimum atomic E-state index is -0.711. The Morgan fingerprint density at radius 1 is 1.43 bits per heavy atom. The number of hydrogen-bond acceptors (Lipinski definition) is 3. The van der Waals surface area contributed by atoms with Gasteiger partial charge in [-0.2, -0.15) is 0 Å². The third-order valence-corrected chi connectivity index (χ3v) is 2.71. The number of fused-ring (bicyclic) bond motifs is 1. The predicted octanol–water partition coefficient (Wildman–Crippen LogP) is 1.75. The van der Waals surface area contributed by atoms with E-state index in [0.717, 1.165) is 0 Å². The smallest absolute Gasteiger partial charge is 0.142 e. The molecule has 0 aromatic heterocycles. The van der Waals surface area contributed by atoms with E-state index in [1.165, 1.54) is 0 Å². The van der Waals surface area contributed by atoms with E-state index in [2.05, 4.69) is 0 Å². The average molecular weight is 234 g/mol. The molecule has 3 nitrogen and oxygen atoms in total. The molecule has 3 N–H and O–H groups in total. The molecule has 5 heteroatoms. The Balaban J connectivity index is 2.54. The van der Waals surface area contributed by atoms with Crippen molar-refractivity contribution in [1.29, 1.82) is 0 Å². The Morgan fingerprint density at radius 3 is 2.86 bits per heavy atom. The zero-order valence-corrected chi connectivity index (χ0v) is 8.72. The van der Waals surface area contributed by atoms with E-state index >= 15 is 0 Å². The van der Waals surface area contributed by atoms with Crippen LogP contribution in [0.4, 0.5) is 0 Å². The Bertz CT molecular complexity index is 370. The molecule has 1 aromatic carbocycles. The summed E-state index contributed by atoms with van der Waals surface area (Å²) >= 11 is 11.7. The van der Waals surface area contributed by atoms with Gasteiger partial charge in [0, 0.05) is 10.6 Å². The van der Waals surface area contributed by atoms with Crippen molar-refractivity contribution in [2.75, 3.05) is 6.61 Å². The summed E-state index contributed by atoms with van der Waals surface area (Å²) in [6.45, 7) is 0.162. The molecule has 76 valence electrons. The number of hydrogen-bond donors (Lipinski definition) is 2. The lowest BCUT2D eigenvalue weighted by molar-refractivity contribution is 0.0679. The second kappa shape index (κ2) is 3.59. The maximum atomic E-state index is 9.47. The van der Waals surface area contributed by atoms with Gasteiger partial charge >= 0.3 is 0 Å². The van der Waals surface area contributed by atoms with Crippen molar-refractivity contribution in [3.05, 3.63) is 27.7 Å². The van der Waals surface area contributed by atoms with Crippen molar-refractivity contribution >= 4 is 23.2 Å². The molecular formula is C9H9Cl2NO2. The molecule has 1 aromatic rings. The number of aliphatic hydroxyl groups excluding tert-OH is 1. The van der Waals surface area contributed by atoms with Crippen LogP contribution in [0.5, 0.6) is 5.75 Å². The van der Waals surface area contributed by atoms with Gasteiger partial charge < -0.3 is 15.6 Å². The molecule has 2 rings (SSSR count). The van der Waals surface area contributed by atoms with Gasteiger partial charge in [0.25, 0.3) is 0 Å². The second-order valence-electron chi connectivity index (χ2n) is 3.21. The minimum absolute atomic E-state index is 0.162. The molecule has 0 aliphatic carbocycles. The van der Waals surface area contributed by atoms with Crippen LogP contribution in [0.2, 0.25) is 10.0 Å². The third-order valence-electron chi connectivity index (χ3n) is 2.21. The molecule has 0 unspecified atom stereocenters. The fourth-order valence-corrected chi connectivity index (χ4v) is 2.02. The summed E-state index contributed by atoms with van der Waals surface area (Å²) in [5.41, 5.74) is 6.43. The predicted molar refractivity (Wildman–Crippen MR) is 54.9 cm³/mol. The van der Waals surface area contributed by atoms with Gasteiger partial charge in [0.2, 0.25) is 0 Å². The molecule has 1 heterocycles. The lowest BCUT2D eigenvalue weighted by Gasteiger charge is -2.28. The van der Waals surface area contributed by atoms with Gasteiger partial charge in [-0.1, -0.05) is 23.2 Å². The van der Waals surface area contributed by atoms with Gasteiger partial charge in [0.05, 0.1) is 11.1 Å². The number of aliphatic hydroxyl groups is 1. The Kier molecular flexibility index (Phi) is 2.58. The van der Waals surface area contributed by atoms with Crippen molar-refractivity contribution in [1.82, 2.24) is 0 Å². The van der Waals surface area contributed by atoms with Crippen LogP contribution in [0.1, 0.15) is 11.6 Å². The molecule has 0 amide bonds. The molecular weight excluding hydrogens is 225 g/mol. The van der Waals surface area contributed by atoms with Crippen LogP contribution in [0.25, 0.3) is 0 Å². The molecule has 0 bridgehead atoms. The Hall–Kier alpha value is -0.480. The van der Waals surface area contributed by atoms with Crippen molar-refractivity contribution in [3.8, 4) is 5.75 Å². The zero-order chi connectivity index (χ0) is 10.3. The van der Waals surface area contributed by atoms with Crippen LogP contribution in [-0.4, -0.2) is 17.8 Å². The normalized spacial score (nSPS) is 25.4. The Labute approximate surface area is 91.4 Å². The quantitative estimate of drug-likeness (QED) is 0.718. The maximum Gasteiger partial charge on any atom is 0.142 e. The fourth-order valence-electron chi connectivity index (χ4n) is 1.46. The average Bonchev–Trinajstić information content (AvgIpc) is 2.12. The number of benzene rings is 1. The van der Waals surface area contributed by atoms with Gasteiger partial charge in [0.15, 0.2) is 0 Å². The summed E-state index contributed by atoms with van der Waals surface area (Å²) in [6.07, 6.45) is -0.711. The number of rotatable bonds is 0.